The lowest BCUT2D eigenvalue weighted by Gasteiger charge is -2.10. The molecule has 0 saturated heterocycles. The minimum Gasteiger partial charge on any atom is -0.396 e. The Morgan fingerprint density at radius 2 is 2.11 bits per heavy atom. The molecule has 0 aromatic rings. The van der Waals surface area contributed by atoms with Crippen LogP contribution in [0.4, 0.5) is 0 Å². The average Bonchev–Trinajstić information content (AvgIpc) is 1.90. The van der Waals surface area contributed by atoms with Gasteiger partial charge in [0.25, 0.3) is 0 Å². The number of rotatable bonds is 4. The second-order valence-electron chi connectivity index (χ2n) is 2.17. The van der Waals surface area contributed by atoms with Gasteiger partial charge >= 0.3 is 0 Å². The SMILES string of the molecule is CCC(=N)C(CC)CO. The zero-order chi connectivity index (χ0) is 7.28. The van der Waals surface area contributed by atoms with Gasteiger partial charge in [-0.25, -0.2) is 0 Å². The highest BCUT2D eigenvalue weighted by molar-refractivity contribution is 5.83. The summed E-state index contributed by atoms with van der Waals surface area (Å²) in [7, 11) is 0. The number of hydrogen-bond donors (Lipinski definition) is 2. The van der Waals surface area contributed by atoms with Gasteiger partial charge < -0.3 is 10.5 Å². The molecule has 0 bridgehead atoms. The Morgan fingerprint density at radius 3 is 2.22 bits per heavy atom. The third kappa shape index (κ3) is 2.61. The molecule has 2 heteroatoms. The van der Waals surface area contributed by atoms with E-state index in [2.05, 4.69) is 0 Å². The van der Waals surface area contributed by atoms with Crippen molar-refractivity contribution in [3.8, 4) is 0 Å². The molecule has 0 amide bonds. The molecule has 1 unspecified atom stereocenters. The van der Waals surface area contributed by atoms with Gasteiger partial charge in [0.15, 0.2) is 0 Å². The molecule has 0 saturated carbocycles. The first-order valence-corrected chi connectivity index (χ1v) is 3.44. The van der Waals surface area contributed by atoms with Crippen LogP contribution in [0.3, 0.4) is 0 Å². The first-order chi connectivity index (χ1) is 4.26. The summed E-state index contributed by atoms with van der Waals surface area (Å²) in [5.74, 6) is 0.106. The lowest BCUT2D eigenvalue weighted by molar-refractivity contribution is 0.257. The van der Waals surface area contributed by atoms with Gasteiger partial charge in [-0.3, -0.25) is 0 Å². The van der Waals surface area contributed by atoms with Gasteiger partial charge in [0.2, 0.25) is 0 Å². The normalized spacial score (nSPS) is 13.2. The van der Waals surface area contributed by atoms with Crippen molar-refractivity contribution in [2.75, 3.05) is 6.61 Å². The van der Waals surface area contributed by atoms with E-state index in [-0.39, 0.29) is 12.5 Å². The summed E-state index contributed by atoms with van der Waals surface area (Å²) in [4.78, 5) is 0. The molecule has 0 fully saturated rings. The molecular formula is C7H15NO. The highest BCUT2D eigenvalue weighted by Crippen LogP contribution is 2.04. The zero-order valence-electron chi connectivity index (χ0n) is 6.15. The summed E-state index contributed by atoms with van der Waals surface area (Å²) < 4.78 is 0. The predicted molar refractivity (Wildman–Crippen MR) is 38.9 cm³/mol. The van der Waals surface area contributed by atoms with Crippen LogP contribution in [0.15, 0.2) is 0 Å². The van der Waals surface area contributed by atoms with Crippen molar-refractivity contribution in [1.29, 1.82) is 5.41 Å². The Labute approximate surface area is 56.4 Å². The second-order valence-corrected chi connectivity index (χ2v) is 2.17. The van der Waals surface area contributed by atoms with Gasteiger partial charge in [0.05, 0.1) is 6.61 Å². The minimum atomic E-state index is 0.106. The molecule has 1 atom stereocenters. The zero-order valence-corrected chi connectivity index (χ0v) is 6.15. The van der Waals surface area contributed by atoms with Crippen LogP contribution < -0.4 is 0 Å². The molecule has 9 heavy (non-hydrogen) atoms. The van der Waals surface area contributed by atoms with Crippen LogP contribution in [0.2, 0.25) is 0 Å². The summed E-state index contributed by atoms with van der Waals surface area (Å²) >= 11 is 0. The quantitative estimate of drug-likeness (QED) is 0.554. The molecule has 0 spiro atoms. The molecule has 0 heterocycles. The molecule has 0 aliphatic heterocycles. The molecule has 0 rings (SSSR count). The Morgan fingerprint density at radius 1 is 1.56 bits per heavy atom. The Kier molecular flexibility index (Phi) is 4.32. The topological polar surface area (TPSA) is 44.1 Å². The van der Waals surface area contributed by atoms with Gasteiger partial charge in [-0.1, -0.05) is 13.8 Å². The van der Waals surface area contributed by atoms with Crippen molar-refractivity contribution in [2.24, 2.45) is 5.92 Å². The minimum absolute atomic E-state index is 0.106. The largest absolute Gasteiger partial charge is 0.396 e. The fourth-order valence-corrected chi connectivity index (χ4v) is 0.774. The van der Waals surface area contributed by atoms with E-state index in [0.29, 0.717) is 5.71 Å². The molecule has 0 aromatic heterocycles. The van der Waals surface area contributed by atoms with Crippen molar-refractivity contribution in [3.05, 3.63) is 0 Å². The van der Waals surface area contributed by atoms with Gasteiger partial charge in [0.1, 0.15) is 0 Å². The highest BCUT2D eigenvalue weighted by Gasteiger charge is 2.07. The lowest BCUT2D eigenvalue weighted by Crippen LogP contribution is -2.15. The maximum absolute atomic E-state index is 8.69. The summed E-state index contributed by atoms with van der Waals surface area (Å²) in [5, 5.41) is 16.0. The summed E-state index contributed by atoms with van der Waals surface area (Å²) in [5.41, 5.74) is 0.667. The predicted octanol–water partition coefficient (Wildman–Crippen LogP) is 1.43. The first kappa shape index (κ1) is 8.63. The van der Waals surface area contributed by atoms with Crippen LogP contribution in [-0.2, 0) is 0 Å². The summed E-state index contributed by atoms with van der Waals surface area (Å²) in [6.45, 7) is 4.06. The summed E-state index contributed by atoms with van der Waals surface area (Å²) in [6, 6.07) is 0. The smallest absolute Gasteiger partial charge is 0.0511 e. The lowest BCUT2D eigenvalue weighted by atomic mass is 10.00. The van der Waals surface area contributed by atoms with Crippen molar-refractivity contribution < 1.29 is 5.11 Å². The molecular weight excluding hydrogens is 114 g/mol. The van der Waals surface area contributed by atoms with Crippen LogP contribution in [0, 0.1) is 11.3 Å². The molecule has 0 aromatic carbocycles. The standard InChI is InChI=1S/C7H15NO/c1-3-6(5-9)7(8)4-2/h6,8-9H,3-5H2,1-2H3. The van der Waals surface area contributed by atoms with Crippen molar-refractivity contribution >= 4 is 5.71 Å². The summed E-state index contributed by atoms with van der Waals surface area (Å²) in [6.07, 6.45) is 1.64. The number of aliphatic hydroxyl groups is 1. The van der Waals surface area contributed by atoms with Gasteiger partial charge in [0, 0.05) is 11.6 Å². The third-order valence-corrected chi connectivity index (χ3v) is 1.59. The average molecular weight is 129 g/mol. The van der Waals surface area contributed by atoms with E-state index < -0.39 is 0 Å². The van der Waals surface area contributed by atoms with Crippen LogP contribution in [0.5, 0.6) is 0 Å². The van der Waals surface area contributed by atoms with Crippen LogP contribution in [0.25, 0.3) is 0 Å². The van der Waals surface area contributed by atoms with Gasteiger partial charge in [-0.05, 0) is 12.8 Å². The van der Waals surface area contributed by atoms with Gasteiger partial charge in [-0.15, -0.1) is 0 Å². The van der Waals surface area contributed by atoms with Crippen LogP contribution in [0.1, 0.15) is 26.7 Å². The van der Waals surface area contributed by atoms with E-state index >= 15 is 0 Å². The van der Waals surface area contributed by atoms with E-state index in [4.69, 9.17) is 10.5 Å². The molecule has 54 valence electrons. The van der Waals surface area contributed by atoms with E-state index in [1.165, 1.54) is 0 Å². The fraction of sp³-hybridized carbons (Fsp3) is 0.857. The number of nitrogens with one attached hydrogen (secondary N) is 1. The second kappa shape index (κ2) is 4.50. The first-order valence-electron chi connectivity index (χ1n) is 3.44. The van der Waals surface area contributed by atoms with Crippen LogP contribution in [-0.4, -0.2) is 17.4 Å². The Hall–Kier alpha value is -0.370. The van der Waals surface area contributed by atoms with E-state index in [1.807, 2.05) is 13.8 Å². The number of hydrogen-bond acceptors (Lipinski definition) is 2. The number of aliphatic hydroxyl groups excluding tert-OH is 1. The fourth-order valence-electron chi connectivity index (χ4n) is 0.774. The van der Waals surface area contributed by atoms with Crippen molar-refractivity contribution in [1.82, 2.24) is 0 Å². The maximum Gasteiger partial charge on any atom is 0.0511 e. The Balaban J connectivity index is 3.64. The van der Waals surface area contributed by atoms with Crippen molar-refractivity contribution in [2.45, 2.75) is 26.7 Å². The van der Waals surface area contributed by atoms with Crippen LogP contribution >= 0.6 is 0 Å². The maximum atomic E-state index is 8.69. The van der Waals surface area contributed by atoms with Crippen molar-refractivity contribution in [3.63, 3.8) is 0 Å². The van der Waals surface area contributed by atoms with E-state index in [1.54, 1.807) is 0 Å². The van der Waals surface area contributed by atoms with Gasteiger partial charge in [-0.2, -0.15) is 0 Å². The molecule has 2 N–H and O–H groups in total. The Bertz CT molecular complexity index is 86.9. The van der Waals surface area contributed by atoms with E-state index in [0.717, 1.165) is 12.8 Å². The molecule has 0 aliphatic carbocycles. The van der Waals surface area contributed by atoms with E-state index in [9.17, 15) is 0 Å². The third-order valence-electron chi connectivity index (χ3n) is 1.59. The highest BCUT2D eigenvalue weighted by atomic mass is 16.3. The monoisotopic (exact) mass is 129 g/mol. The molecule has 0 aliphatic rings. The molecule has 2 nitrogen and oxygen atoms in total. The molecule has 0 radical (unpaired) electrons.